The Balaban J connectivity index is 2.16. The van der Waals surface area contributed by atoms with Gasteiger partial charge >= 0.3 is 0 Å². The second-order valence-corrected chi connectivity index (χ2v) is 5.99. The van der Waals surface area contributed by atoms with Gasteiger partial charge in [0.05, 0.1) is 6.10 Å². The van der Waals surface area contributed by atoms with Gasteiger partial charge in [-0.3, -0.25) is 4.79 Å². The number of fused-ring (bicyclic) bond motifs is 1. The third kappa shape index (κ3) is 3.29. The van der Waals surface area contributed by atoms with Crippen molar-refractivity contribution in [2.45, 2.75) is 70.3 Å². The SMILES string of the molecule is COC(C)(C)OC1CC(C(N)=O)O[C@@H]2OC(C)(C)OC12. The Morgan fingerprint density at radius 2 is 2.00 bits per heavy atom. The largest absolute Gasteiger partial charge is 0.367 e. The molecule has 3 unspecified atom stereocenters. The number of rotatable bonds is 4. The van der Waals surface area contributed by atoms with E-state index in [1.807, 2.05) is 0 Å². The predicted octanol–water partition coefficient (Wildman–Crippen LogP) is 0.506. The van der Waals surface area contributed by atoms with E-state index in [0.29, 0.717) is 6.42 Å². The van der Waals surface area contributed by atoms with Gasteiger partial charge in [0.15, 0.2) is 17.9 Å². The highest BCUT2D eigenvalue weighted by atomic mass is 16.8. The van der Waals surface area contributed by atoms with Gasteiger partial charge in [-0.1, -0.05) is 0 Å². The molecule has 116 valence electrons. The molecule has 0 radical (unpaired) electrons. The van der Waals surface area contributed by atoms with Crippen molar-refractivity contribution in [2.24, 2.45) is 5.73 Å². The fourth-order valence-corrected chi connectivity index (χ4v) is 2.39. The summed E-state index contributed by atoms with van der Waals surface area (Å²) in [6, 6.07) is 0. The summed E-state index contributed by atoms with van der Waals surface area (Å²) in [5.41, 5.74) is 5.33. The van der Waals surface area contributed by atoms with Crippen LogP contribution in [-0.2, 0) is 28.5 Å². The van der Waals surface area contributed by atoms with Crippen molar-refractivity contribution in [3.63, 3.8) is 0 Å². The Bertz CT molecular complexity index is 383. The Morgan fingerprint density at radius 3 is 2.55 bits per heavy atom. The lowest BCUT2D eigenvalue weighted by molar-refractivity contribution is -0.277. The van der Waals surface area contributed by atoms with E-state index in [1.165, 1.54) is 0 Å². The van der Waals surface area contributed by atoms with Gasteiger partial charge in [-0.05, 0) is 27.7 Å². The standard InChI is InChI=1S/C13H23NO6/c1-12(2,16-5)18-7-6-8(10(14)15)17-11-9(7)19-13(3,4)20-11/h7-9,11H,6H2,1-5H3,(H2,14,15)/t7?,8?,9?,11-/m1/s1. The molecule has 0 aliphatic carbocycles. The van der Waals surface area contributed by atoms with Gasteiger partial charge in [-0.15, -0.1) is 0 Å². The van der Waals surface area contributed by atoms with Gasteiger partial charge in [0.25, 0.3) is 0 Å². The van der Waals surface area contributed by atoms with Crippen LogP contribution >= 0.6 is 0 Å². The number of hydrogen-bond donors (Lipinski definition) is 1. The molecule has 2 fully saturated rings. The van der Waals surface area contributed by atoms with Crippen LogP contribution in [0.2, 0.25) is 0 Å². The Morgan fingerprint density at radius 1 is 1.35 bits per heavy atom. The van der Waals surface area contributed by atoms with Crippen molar-refractivity contribution in [1.29, 1.82) is 0 Å². The second-order valence-electron chi connectivity index (χ2n) is 5.99. The molecule has 2 N–H and O–H groups in total. The van der Waals surface area contributed by atoms with Crippen LogP contribution in [0.4, 0.5) is 0 Å². The quantitative estimate of drug-likeness (QED) is 0.758. The predicted molar refractivity (Wildman–Crippen MR) is 68.5 cm³/mol. The molecule has 4 atom stereocenters. The molecule has 0 aromatic carbocycles. The highest BCUT2D eigenvalue weighted by Gasteiger charge is 2.53. The monoisotopic (exact) mass is 289 g/mol. The lowest BCUT2D eigenvalue weighted by Gasteiger charge is -2.38. The van der Waals surface area contributed by atoms with Crippen LogP contribution in [0.25, 0.3) is 0 Å². The van der Waals surface area contributed by atoms with E-state index in [0.717, 1.165) is 0 Å². The minimum absolute atomic E-state index is 0.308. The molecule has 2 heterocycles. The van der Waals surface area contributed by atoms with Crippen molar-refractivity contribution in [1.82, 2.24) is 0 Å². The van der Waals surface area contributed by atoms with E-state index in [4.69, 9.17) is 29.4 Å². The molecule has 0 aromatic rings. The Labute approximate surface area is 118 Å². The minimum Gasteiger partial charge on any atom is -0.367 e. The summed E-state index contributed by atoms with van der Waals surface area (Å²) in [6.07, 6.45) is -1.94. The van der Waals surface area contributed by atoms with E-state index in [1.54, 1.807) is 34.8 Å². The number of carbonyl (C=O) groups excluding carboxylic acids is 1. The van der Waals surface area contributed by atoms with Crippen molar-refractivity contribution in [3.05, 3.63) is 0 Å². The zero-order valence-electron chi connectivity index (χ0n) is 12.5. The number of carbonyl (C=O) groups is 1. The molecule has 0 bridgehead atoms. The van der Waals surface area contributed by atoms with Crippen LogP contribution in [0, 0.1) is 0 Å². The summed E-state index contributed by atoms with van der Waals surface area (Å²) in [6.45, 7) is 7.15. The summed E-state index contributed by atoms with van der Waals surface area (Å²) >= 11 is 0. The van der Waals surface area contributed by atoms with Gasteiger partial charge in [0.1, 0.15) is 12.2 Å². The summed E-state index contributed by atoms with van der Waals surface area (Å²) < 4.78 is 28.1. The number of nitrogens with two attached hydrogens (primary N) is 1. The van der Waals surface area contributed by atoms with Crippen molar-refractivity contribution < 1.29 is 28.5 Å². The maximum absolute atomic E-state index is 11.4. The topological polar surface area (TPSA) is 89.2 Å². The molecule has 7 heteroatoms. The van der Waals surface area contributed by atoms with Gasteiger partial charge in [0, 0.05) is 13.5 Å². The molecule has 1 amide bonds. The highest BCUT2D eigenvalue weighted by molar-refractivity contribution is 5.79. The van der Waals surface area contributed by atoms with Crippen LogP contribution in [-0.4, -0.2) is 49.2 Å². The molecular weight excluding hydrogens is 266 g/mol. The molecule has 0 saturated carbocycles. The molecule has 2 rings (SSSR count). The zero-order chi connectivity index (χ0) is 15.1. The zero-order valence-corrected chi connectivity index (χ0v) is 12.5. The molecule has 0 aromatic heterocycles. The molecule has 2 aliphatic rings. The molecule has 0 spiro atoms. The third-order valence-electron chi connectivity index (χ3n) is 3.44. The Kier molecular flexibility index (Phi) is 4.10. The lowest BCUT2D eigenvalue weighted by Crippen LogP contribution is -2.53. The van der Waals surface area contributed by atoms with Crippen LogP contribution in [0.1, 0.15) is 34.1 Å². The fraction of sp³-hybridized carbons (Fsp3) is 0.923. The van der Waals surface area contributed by atoms with E-state index in [-0.39, 0.29) is 0 Å². The average Bonchev–Trinajstić information content (AvgIpc) is 2.63. The first-order valence-electron chi connectivity index (χ1n) is 6.67. The highest BCUT2D eigenvalue weighted by Crippen LogP contribution is 2.38. The van der Waals surface area contributed by atoms with Gasteiger partial charge in [0.2, 0.25) is 5.91 Å². The minimum atomic E-state index is -0.801. The summed E-state index contributed by atoms with van der Waals surface area (Å²) in [4.78, 5) is 11.4. The third-order valence-corrected chi connectivity index (χ3v) is 3.44. The van der Waals surface area contributed by atoms with Gasteiger partial charge in [-0.25, -0.2) is 0 Å². The fourth-order valence-electron chi connectivity index (χ4n) is 2.39. The van der Waals surface area contributed by atoms with Crippen LogP contribution in [0.15, 0.2) is 0 Å². The lowest BCUT2D eigenvalue weighted by atomic mass is 10.0. The van der Waals surface area contributed by atoms with Crippen LogP contribution in [0.5, 0.6) is 0 Å². The van der Waals surface area contributed by atoms with E-state index in [2.05, 4.69) is 0 Å². The van der Waals surface area contributed by atoms with E-state index in [9.17, 15) is 4.79 Å². The maximum Gasteiger partial charge on any atom is 0.246 e. The molecule has 20 heavy (non-hydrogen) atoms. The first-order valence-corrected chi connectivity index (χ1v) is 6.67. The number of methoxy groups -OCH3 is 1. The molecule has 7 nitrogen and oxygen atoms in total. The van der Waals surface area contributed by atoms with Crippen LogP contribution in [0.3, 0.4) is 0 Å². The number of ether oxygens (including phenoxy) is 5. The van der Waals surface area contributed by atoms with Crippen molar-refractivity contribution in [3.8, 4) is 0 Å². The second kappa shape index (κ2) is 5.23. The van der Waals surface area contributed by atoms with Crippen LogP contribution < -0.4 is 5.73 Å². The first-order chi connectivity index (χ1) is 9.13. The number of hydrogen-bond acceptors (Lipinski definition) is 6. The first kappa shape index (κ1) is 15.7. The summed E-state index contributed by atoms with van der Waals surface area (Å²) in [7, 11) is 1.55. The normalized spacial score (nSPS) is 36.6. The maximum atomic E-state index is 11.4. The van der Waals surface area contributed by atoms with Crippen molar-refractivity contribution >= 4 is 5.91 Å². The average molecular weight is 289 g/mol. The van der Waals surface area contributed by atoms with E-state index < -0.39 is 42.1 Å². The Hall–Kier alpha value is -0.730. The molecule has 2 saturated heterocycles. The molecule has 2 aliphatic heterocycles. The van der Waals surface area contributed by atoms with E-state index >= 15 is 0 Å². The van der Waals surface area contributed by atoms with Gasteiger partial charge in [-0.2, -0.15) is 0 Å². The van der Waals surface area contributed by atoms with Gasteiger partial charge < -0.3 is 29.4 Å². The molecular formula is C13H23NO6. The number of primary amides is 1. The summed E-state index contributed by atoms with van der Waals surface area (Å²) in [5, 5.41) is 0. The number of amides is 1. The summed E-state index contributed by atoms with van der Waals surface area (Å²) in [5.74, 6) is -2.13. The van der Waals surface area contributed by atoms with Crippen molar-refractivity contribution in [2.75, 3.05) is 7.11 Å². The smallest absolute Gasteiger partial charge is 0.246 e.